The first-order valence-corrected chi connectivity index (χ1v) is 10.1. The summed E-state index contributed by atoms with van der Waals surface area (Å²) in [7, 11) is 3.97. The molecule has 0 aliphatic carbocycles. The number of hydrogen-bond donors (Lipinski definition) is 1. The smallest absolute Gasteiger partial charge is 0.264 e. The molecule has 0 saturated carbocycles. The molecule has 0 saturated heterocycles. The molecule has 1 aromatic carbocycles. The topological polar surface area (TPSA) is 52.7 Å². The number of anilines is 2. The van der Waals surface area contributed by atoms with Crippen LogP contribution >= 0.6 is 11.3 Å². The van der Waals surface area contributed by atoms with Crippen molar-refractivity contribution in [3.05, 3.63) is 46.2 Å². The molecule has 2 rings (SSSR count). The Kier molecular flexibility index (Phi) is 7.42. The zero-order chi connectivity index (χ0) is 20.0. The lowest BCUT2D eigenvalue weighted by atomic mass is 10.1. The van der Waals surface area contributed by atoms with E-state index in [4.69, 9.17) is 0 Å². The molecule has 2 amide bonds. The first kappa shape index (κ1) is 21.0. The van der Waals surface area contributed by atoms with Gasteiger partial charge in [-0.1, -0.05) is 26.8 Å². The van der Waals surface area contributed by atoms with Crippen molar-refractivity contribution >= 4 is 34.5 Å². The average molecular weight is 388 g/mol. The molecule has 146 valence electrons. The van der Waals surface area contributed by atoms with Gasteiger partial charge >= 0.3 is 0 Å². The van der Waals surface area contributed by atoms with Gasteiger partial charge in [-0.25, -0.2) is 0 Å². The molecule has 0 radical (unpaired) electrons. The fourth-order valence-corrected chi connectivity index (χ4v) is 3.49. The standard InChI is InChI=1S/C21H29N3O2S/c1-6-11-24(21(26)19-8-7-12-27-19)14-16-13-17(22-20(25)15(2)3)9-10-18(16)23(4)5/h7-10,12-13,15H,6,11,14H2,1-5H3,(H,22,25). The van der Waals surface area contributed by atoms with Crippen LogP contribution in [0.1, 0.15) is 42.4 Å². The first-order chi connectivity index (χ1) is 12.8. The molecule has 0 fully saturated rings. The van der Waals surface area contributed by atoms with Gasteiger partial charge in [0, 0.05) is 44.5 Å². The highest BCUT2D eigenvalue weighted by Crippen LogP contribution is 2.26. The minimum Gasteiger partial charge on any atom is -0.377 e. The van der Waals surface area contributed by atoms with Crippen molar-refractivity contribution in [3.63, 3.8) is 0 Å². The Bertz CT molecular complexity index is 770. The zero-order valence-electron chi connectivity index (χ0n) is 16.8. The quantitative estimate of drug-likeness (QED) is 0.727. The van der Waals surface area contributed by atoms with E-state index in [1.54, 1.807) is 0 Å². The van der Waals surface area contributed by atoms with Gasteiger partial charge in [-0.3, -0.25) is 9.59 Å². The molecule has 1 heterocycles. The number of amides is 2. The summed E-state index contributed by atoms with van der Waals surface area (Å²) in [5.74, 6) is -0.0502. The lowest BCUT2D eigenvalue weighted by Crippen LogP contribution is -2.31. The molecule has 27 heavy (non-hydrogen) atoms. The van der Waals surface area contributed by atoms with Crippen LogP contribution in [0.5, 0.6) is 0 Å². The second-order valence-electron chi connectivity index (χ2n) is 7.09. The predicted octanol–water partition coefficient (Wildman–Crippen LogP) is 4.46. The van der Waals surface area contributed by atoms with E-state index in [2.05, 4.69) is 12.2 Å². The van der Waals surface area contributed by atoms with E-state index in [1.807, 2.05) is 73.5 Å². The van der Waals surface area contributed by atoms with Crippen LogP contribution in [0.2, 0.25) is 0 Å². The van der Waals surface area contributed by atoms with E-state index >= 15 is 0 Å². The summed E-state index contributed by atoms with van der Waals surface area (Å²) in [4.78, 5) is 29.6. The number of carbonyl (C=O) groups is 2. The number of hydrogen-bond acceptors (Lipinski definition) is 4. The van der Waals surface area contributed by atoms with Crippen LogP contribution in [-0.2, 0) is 11.3 Å². The first-order valence-electron chi connectivity index (χ1n) is 9.27. The monoisotopic (exact) mass is 387 g/mol. The van der Waals surface area contributed by atoms with Gasteiger partial charge in [0.2, 0.25) is 5.91 Å². The summed E-state index contributed by atoms with van der Waals surface area (Å²) < 4.78 is 0. The molecule has 5 nitrogen and oxygen atoms in total. The third-order valence-electron chi connectivity index (χ3n) is 4.23. The zero-order valence-corrected chi connectivity index (χ0v) is 17.6. The van der Waals surface area contributed by atoms with E-state index in [0.29, 0.717) is 13.1 Å². The minimum atomic E-state index is -0.0843. The maximum atomic E-state index is 12.9. The number of nitrogens with zero attached hydrogens (tertiary/aromatic N) is 2. The summed E-state index contributed by atoms with van der Waals surface area (Å²) in [5.41, 5.74) is 2.81. The normalized spacial score (nSPS) is 10.7. The summed E-state index contributed by atoms with van der Waals surface area (Å²) in [6.07, 6.45) is 0.887. The van der Waals surface area contributed by atoms with Crippen LogP contribution in [0.3, 0.4) is 0 Å². The second-order valence-corrected chi connectivity index (χ2v) is 8.03. The van der Waals surface area contributed by atoms with Crippen molar-refractivity contribution in [2.45, 2.75) is 33.7 Å². The summed E-state index contributed by atoms with van der Waals surface area (Å²) in [6, 6.07) is 9.63. The summed E-state index contributed by atoms with van der Waals surface area (Å²) in [5, 5.41) is 4.87. The number of rotatable bonds is 8. The highest BCUT2D eigenvalue weighted by molar-refractivity contribution is 7.12. The third-order valence-corrected chi connectivity index (χ3v) is 5.08. The molecule has 0 aliphatic heterocycles. The number of thiophene rings is 1. The highest BCUT2D eigenvalue weighted by Gasteiger charge is 2.19. The largest absolute Gasteiger partial charge is 0.377 e. The Morgan fingerprint density at radius 3 is 2.48 bits per heavy atom. The third kappa shape index (κ3) is 5.57. The molecule has 0 unspecified atom stereocenters. The van der Waals surface area contributed by atoms with E-state index in [0.717, 1.165) is 28.2 Å². The van der Waals surface area contributed by atoms with Crippen molar-refractivity contribution in [2.75, 3.05) is 30.9 Å². The molecule has 0 aliphatic rings. The van der Waals surface area contributed by atoms with Crippen LogP contribution in [0.15, 0.2) is 35.7 Å². The van der Waals surface area contributed by atoms with Crippen LogP contribution in [0.4, 0.5) is 11.4 Å². The highest BCUT2D eigenvalue weighted by atomic mass is 32.1. The Morgan fingerprint density at radius 1 is 1.19 bits per heavy atom. The average Bonchev–Trinajstić information content (AvgIpc) is 3.15. The Hall–Kier alpha value is -2.34. The van der Waals surface area contributed by atoms with Crippen molar-refractivity contribution < 1.29 is 9.59 Å². The molecular formula is C21H29N3O2S. The van der Waals surface area contributed by atoms with E-state index in [9.17, 15) is 9.59 Å². The predicted molar refractivity (Wildman–Crippen MR) is 114 cm³/mol. The molecular weight excluding hydrogens is 358 g/mol. The summed E-state index contributed by atoms with van der Waals surface area (Å²) in [6.45, 7) is 7.00. The van der Waals surface area contributed by atoms with E-state index < -0.39 is 0 Å². The van der Waals surface area contributed by atoms with Gasteiger partial charge in [-0.05, 0) is 41.6 Å². The molecule has 0 bridgehead atoms. The fourth-order valence-electron chi connectivity index (χ4n) is 2.80. The summed E-state index contributed by atoms with van der Waals surface area (Å²) >= 11 is 1.46. The van der Waals surface area contributed by atoms with Gasteiger partial charge < -0.3 is 15.1 Å². The van der Waals surface area contributed by atoms with Crippen LogP contribution in [0.25, 0.3) is 0 Å². The molecule has 0 atom stereocenters. The van der Waals surface area contributed by atoms with Gasteiger partial charge in [-0.2, -0.15) is 0 Å². The van der Waals surface area contributed by atoms with Gasteiger partial charge in [0.1, 0.15) is 0 Å². The molecule has 6 heteroatoms. The molecule has 2 aromatic rings. The van der Waals surface area contributed by atoms with Crippen molar-refractivity contribution in [3.8, 4) is 0 Å². The van der Waals surface area contributed by atoms with Gasteiger partial charge in [-0.15, -0.1) is 11.3 Å². The molecule has 1 N–H and O–H groups in total. The van der Waals surface area contributed by atoms with Crippen molar-refractivity contribution in [1.82, 2.24) is 4.90 Å². The Balaban J connectivity index is 2.31. The SMILES string of the molecule is CCCN(Cc1cc(NC(=O)C(C)C)ccc1N(C)C)C(=O)c1cccs1. The van der Waals surface area contributed by atoms with Crippen LogP contribution in [-0.4, -0.2) is 37.4 Å². The maximum absolute atomic E-state index is 12.9. The van der Waals surface area contributed by atoms with E-state index in [1.165, 1.54) is 11.3 Å². The van der Waals surface area contributed by atoms with Crippen LogP contribution in [0, 0.1) is 5.92 Å². The van der Waals surface area contributed by atoms with Crippen molar-refractivity contribution in [1.29, 1.82) is 0 Å². The minimum absolute atomic E-state index is 0.0152. The van der Waals surface area contributed by atoms with Gasteiger partial charge in [0.25, 0.3) is 5.91 Å². The van der Waals surface area contributed by atoms with Gasteiger partial charge in [0.15, 0.2) is 0 Å². The Labute approximate surface area is 166 Å². The lowest BCUT2D eigenvalue weighted by molar-refractivity contribution is -0.118. The number of carbonyl (C=O) groups excluding carboxylic acids is 2. The second kappa shape index (κ2) is 9.55. The fraction of sp³-hybridized carbons (Fsp3) is 0.429. The Morgan fingerprint density at radius 2 is 1.93 bits per heavy atom. The van der Waals surface area contributed by atoms with E-state index in [-0.39, 0.29) is 17.7 Å². The van der Waals surface area contributed by atoms with Crippen LogP contribution < -0.4 is 10.2 Å². The number of nitrogens with one attached hydrogen (secondary N) is 1. The maximum Gasteiger partial charge on any atom is 0.264 e. The lowest BCUT2D eigenvalue weighted by Gasteiger charge is -2.26. The van der Waals surface area contributed by atoms with Gasteiger partial charge in [0.05, 0.1) is 4.88 Å². The number of benzene rings is 1. The van der Waals surface area contributed by atoms with Crippen molar-refractivity contribution in [2.24, 2.45) is 5.92 Å². The molecule has 0 spiro atoms. The molecule has 1 aromatic heterocycles.